The van der Waals surface area contributed by atoms with Gasteiger partial charge in [0.2, 0.25) is 5.55 Å². The van der Waals surface area contributed by atoms with E-state index in [0.29, 0.717) is 22.5 Å². The number of fused-ring (bicyclic) bond motifs is 1. The van der Waals surface area contributed by atoms with Gasteiger partial charge < -0.3 is 9.73 Å². The number of carbonyl (C=O) groups is 1. The lowest BCUT2D eigenvalue weighted by Gasteiger charge is -2.07. The third-order valence-corrected chi connectivity index (χ3v) is 3.99. The quantitative estimate of drug-likeness (QED) is 0.557. The maximum atomic E-state index is 13.2. The summed E-state index contributed by atoms with van der Waals surface area (Å²) in [7, 11) is 0. The molecule has 1 N–H and O–H groups in total. The van der Waals surface area contributed by atoms with Crippen LogP contribution in [0.3, 0.4) is 0 Å². The summed E-state index contributed by atoms with van der Waals surface area (Å²) in [4.78, 5) is 17.2. The monoisotopic (exact) mass is 358 g/mol. The number of para-hydroxylation sites is 2. The Labute approximate surface area is 154 Å². The highest BCUT2D eigenvalue weighted by Gasteiger charge is 2.13. The smallest absolute Gasteiger partial charge is 0.261 e. The summed E-state index contributed by atoms with van der Waals surface area (Å²) >= 11 is 0. The van der Waals surface area contributed by atoms with Crippen LogP contribution >= 0.6 is 0 Å². The number of hydrogen-bond donors (Lipinski definition) is 1. The van der Waals surface area contributed by atoms with Gasteiger partial charge in [0.1, 0.15) is 17.0 Å². The molecule has 0 unspecified atom stereocenters. The van der Waals surface area contributed by atoms with E-state index in [1.165, 1.54) is 24.3 Å². The minimum atomic E-state index is -0.355. The Morgan fingerprint density at radius 2 is 1.59 bits per heavy atom. The molecule has 0 bridgehead atoms. The molecule has 4 nitrogen and oxygen atoms in total. The van der Waals surface area contributed by atoms with E-state index in [-0.39, 0.29) is 17.3 Å². The molecule has 0 aliphatic heterocycles. The van der Waals surface area contributed by atoms with Gasteiger partial charge in [-0.25, -0.2) is 9.38 Å². The average molecular weight is 358 g/mol. The van der Waals surface area contributed by atoms with Crippen molar-refractivity contribution in [2.24, 2.45) is 4.99 Å². The molecule has 27 heavy (non-hydrogen) atoms. The van der Waals surface area contributed by atoms with Crippen molar-refractivity contribution < 1.29 is 13.6 Å². The van der Waals surface area contributed by atoms with Gasteiger partial charge in [-0.05, 0) is 48.5 Å². The Morgan fingerprint density at radius 3 is 2.37 bits per heavy atom. The Hall–Kier alpha value is -3.73. The number of benzene rings is 3. The second kappa shape index (κ2) is 7.25. The molecular weight excluding hydrogens is 343 g/mol. The molecule has 3 aromatic carbocycles. The van der Waals surface area contributed by atoms with Crippen LogP contribution < -0.4 is 10.9 Å². The first-order valence-corrected chi connectivity index (χ1v) is 8.39. The number of anilines is 1. The van der Waals surface area contributed by atoms with Crippen molar-refractivity contribution in [1.29, 1.82) is 0 Å². The topological polar surface area (TPSA) is 54.6 Å². The molecule has 0 fully saturated rings. The highest BCUT2D eigenvalue weighted by atomic mass is 19.1. The van der Waals surface area contributed by atoms with Crippen molar-refractivity contribution in [2.45, 2.75) is 0 Å². The van der Waals surface area contributed by atoms with Crippen LogP contribution in [0.15, 0.2) is 94.3 Å². The summed E-state index contributed by atoms with van der Waals surface area (Å²) in [6.45, 7) is 0. The number of hydrogen-bond acceptors (Lipinski definition) is 3. The van der Waals surface area contributed by atoms with Crippen molar-refractivity contribution in [1.82, 2.24) is 0 Å². The fourth-order valence-corrected chi connectivity index (χ4v) is 2.67. The van der Waals surface area contributed by atoms with E-state index in [1.54, 1.807) is 24.3 Å². The van der Waals surface area contributed by atoms with Crippen LogP contribution in [0.1, 0.15) is 10.4 Å². The van der Waals surface area contributed by atoms with Crippen molar-refractivity contribution in [3.8, 4) is 0 Å². The lowest BCUT2D eigenvalue weighted by Crippen LogP contribution is -2.21. The molecule has 4 aromatic rings. The maximum Gasteiger partial charge on any atom is 0.261 e. The summed E-state index contributed by atoms with van der Waals surface area (Å²) in [5.74, 6) is -0.692. The third-order valence-electron chi connectivity index (χ3n) is 3.99. The second-order valence-corrected chi connectivity index (χ2v) is 5.91. The van der Waals surface area contributed by atoms with Crippen molar-refractivity contribution in [3.05, 3.63) is 102 Å². The Morgan fingerprint density at radius 1 is 0.889 bits per heavy atom. The first kappa shape index (κ1) is 16.7. The fraction of sp³-hybridized carbons (Fsp3) is 0. The zero-order valence-electron chi connectivity index (χ0n) is 14.2. The van der Waals surface area contributed by atoms with Gasteiger partial charge in [-0.3, -0.25) is 4.79 Å². The van der Waals surface area contributed by atoms with Crippen molar-refractivity contribution in [3.63, 3.8) is 0 Å². The third kappa shape index (κ3) is 3.77. The van der Waals surface area contributed by atoms with Crippen LogP contribution in [-0.4, -0.2) is 5.91 Å². The molecule has 0 atom stereocenters. The number of rotatable bonds is 3. The Kier molecular flexibility index (Phi) is 4.49. The van der Waals surface area contributed by atoms with E-state index in [1.807, 2.05) is 36.4 Å². The number of nitrogens with zero attached hydrogens (tertiary/aromatic N) is 1. The van der Waals surface area contributed by atoms with Crippen LogP contribution in [0.4, 0.5) is 15.8 Å². The van der Waals surface area contributed by atoms with E-state index in [9.17, 15) is 9.18 Å². The zero-order chi connectivity index (χ0) is 18.6. The van der Waals surface area contributed by atoms with E-state index < -0.39 is 0 Å². The molecule has 0 radical (unpaired) electrons. The summed E-state index contributed by atoms with van der Waals surface area (Å²) < 4.78 is 19.0. The first-order chi connectivity index (χ1) is 13.2. The number of halogens is 1. The summed E-state index contributed by atoms with van der Waals surface area (Å²) in [5.41, 5.74) is 2.22. The zero-order valence-corrected chi connectivity index (χ0v) is 14.2. The van der Waals surface area contributed by atoms with Gasteiger partial charge in [0.25, 0.3) is 5.91 Å². The standard InChI is InChI=1S/C22H15FN2O2/c23-16-10-12-18(13-11-16)25-22-19(14-15-6-4-5-9-20(15)27-22)21(26)24-17-7-2-1-3-8-17/h1-14H,(H,24,26). The molecule has 0 saturated carbocycles. The van der Waals surface area contributed by atoms with Crippen LogP contribution in [0, 0.1) is 5.82 Å². The summed E-state index contributed by atoms with van der Waals surface area (Å²) in [5, 5.41) is 3.63. The van der Waals surface area contributed by atoms with Gasteiger partial charge in [-0.15, -0.1) is 0 Å². The van der Waals surface area contributed by atoms with Crippen molar-refractivity contribution >= 4 is 28.3 Å². The van der Waals surface area contributed by atoms with E-state index >= 15 is 0 Å². The number of carbonyl (C=O) groups excluding carboxylic acids is 1. The predicted octanol–water partition coefficient (Wildman–Crippen LogP) is 5.06. The van der Waals surface area contributed by atoms with E-state index in [4.69, 9.17) is 4.42 Å². The van der Waals surface area contributed by atoms with Crippen LogP contribution in [-0.2, 0) is 0 Å². The van der Waals surface area contributed by atoms with E-state index in [0.717, 1.165) is 5.39 Å². The number of amides is 1. The van der Waals surface area contributed by atoms with Crippen LogP contribution in [0.5, 0.6) is 0 Å². The summed E-state index contributed by atoms with van der Waals surface area (Å²) in [6.07, 6.45) is 0. The molecule has 0 spiro atoms. The van der Waals surface area contributed by atoms with E-state index in [2.05, 4.69) is 10.3 Å². The van der Waals surface area contributed by atoms with Gasteiger partial charge in [-0.1, -0.05) is 36.4 Å². The molecular formula is C22H15FN2O2. The lowest BCUT2D eigenvalue weighted by molar-refractivity contribution is 0.102. The molecule has 4 rings (SSSR count). The predicted molar refractivity (Wildman–Crippen MR) is 102 cm³/mol. The lowest BCUT2D eigenvalue weighted by atomic mass is 10.1. The van der Waals surface area contributed by atoms with Gasteiger partial charge in [0, 0.05) is 11.1 Å². The highest BCUT2D eigenvalue weighted by Crippen LogP contribution is 2.16. The molecule has 0 aliphatic rings. The largest absolute Gasteiger partial charge is 0.438 e. The van der Waals surface area contributed by atoms with Crippen molar-refractivity contribution in [2.75, 3.05) is 5.32 Å². The SMILES string of the molecule is O=C(Nc1ccccc1)c1cc2ccccc2oc1=Nc1ccc(F)cc1. The van der Waals surface area contributed by atoms with Gasteiger partial charge >= 0.3 is 0 Å². The molecule has 0 saturated heterocycles. The normalized spacial score (nSPS) is 11.5. The average Bonchev–Trinajstić information content (AvgIpc) is 2.70. The highest BCUT2D eigenvalue weighted by molar-refractivity contribution is 6.05. The molecule has 1 amide bonds. The maximum absolute atomic E-state index is 13.2. The molecule has 0 aliphatic carbocycles. The fourth-order valence-electron chi connectivity index (χ4n) is 2.67. The van der Waals surface area contributed by atoms with Gasteiger partial charge in [-0.2, -0.15) is 0 Å². The molecule has 5 heteroatoms. The van der Waals surface area contributed by atoms with Crippen LogP contribution in [0.25, 0.3) is 11.0 Å². The van der Waals surface area contributed by atoms with Gasteiger partial charge in [0.15, 0.2) is 0 Å². The summed E-state index contributed by atoms with van der Waals surface area (Å²) in [6, 6.07) is 23.9. The molecule has 132 valence electrons. The minimum absolute atomic E-state index is 0.161. The first-order valence-electron chi connectivity index (χ1n) is 8.39. The Bertz CT molecular complexity index is 1170. The van der Waals surface area contributed by atoms with Gasteiger partial charge in [0.05, 0.1) is 5.69 Å². The molecule has 1 aromatic heterocycles. The Balaban J connectivity index is 1.84. The minimum Gasteiger partial charge on any atom is -0.438 e. The second-order valence-electron chi connectivity index (χ2n) is 5.91. The number of nitrogens with one attached hydrogen (secondary N) is 1. The molecule has 1 heterocycles. The van der Waals surface area contributed by atoms with Crippen LogP contribution in [0.2, 0.25) is 0 Å².